The van der Waals surface area contributed by atoms with Gasteiger partial charge >= 0.3 is 0 Å². The van der Waals surface area contributed by atoms with Crippen molar-refractivity contribution in [1.82, 2.24) is 4.90 Å². The van der Waals surface area contributed by atoms with Gasteiger partial charge in [0.25, 0.3) is 11.7 Å². The van der Waals surface area contributed by atoms with Gasteiger partial charge in [-0.1, -0.05) is 76.1 Å². The number of aryl methyl sites for hydroxylation is 2. The molecular formula is C26H22BrNO3. The van der Waals surface area contributed by atoms with E-state index >= 15 is 0 Å². The van der Waals surface area contributed by atoms with Crippen molar-refractivity contribution < 1.29 is 14.7 Å². The Bertz CT molecular complexity index is 1180. The predicted molar refractivity (Wildman–Crippen MR) is 124 cm³/mol. The fourth-order valence-electron chi connectivity index (χ4n) is 3.95. The summed E-state index contributed by atoms with van der Waals surface area (Å²) in [5.74, 6) is -1.41. The van der Waals surface area contributed by atoms with Crippen LogP contribution in [-0.2, 0) is 16.1 Å². The lowest BCUT2D eigenvalue weighted by Crippen LogP contribution is -2.29. The highest BCUT2D eigenvalue weighted by molar-refractivity contribution is 9.10. The molecule has 0 spiro atoms. The lowest BCUT2D eigenvalue weighted by atomic mass is 9.93. The molecule has 0 saturated carbocycles. The van der Waals surface area contributed by atoms with Gasteiger partial charge in [-0.2, -0.15) is 0 Å². The number of aliphatic hydroxyl groups excluding tert-OH is 1. The number of likely N-dealkylation sites (tertiary alicyclic amines) is 1. The van der Waals surface area contributed by atoms with Crippen LogP contribution in [0.4, 0.5) is 0 Å². The Balaban J connectivity index is 1.90. The first kappa shape index (κ1) is 21.1. The molecule has 3 aromatic carbocycles. The Morgan fingerprint density at radius 2 is 1.65 bits per heavy atom. The number of Topliss-reactive ketones (excluding diaryl/α,β-unsaturated/α-hetero) is 1. The van der Waals surface area contributed by atoms with E-state index in [4.69, 9.17) is 0 Å². The van der Waals surface area contributed by atoms with Gasteiger partial charge in [-0.25, -0.2) is 0 Å². The first-order valence-electron chi connectivity index (χ1n) is 10.0. The van der Waals surface area contributed by atoms with Crippen molar-refractivity contribution in [3.8, 4) is 0 Å². The van der Waals surface area contributed by atoms with E-state index in [9.17, 15) is 14.7 Å². The van der Waals surface area contributed by atoms with E-state index < -0.39 is 17.7 Å². The van der Waals surface area contributed by atoms with Crippen molar-refractivity contribution in [2.75, 3.05) is 0 Å². The molecular weight excluding hydrogens is 454 g/mol. The van der Waals surface area contributed by atoms with E-state index in [0.29, 0.717) is 5.56 Å². The molecule has 4 nitrogen and oxygen atoms in total. The van der Waals surface area contributed by atoms with Crippen molar-refractivity contribution in [2.45, 2.75) is 26.4 Å². The van der Waals surface area contributed by atoms with Gasteiger partial charge < -0.3 is 10.0 Å². The molecule has 1 N–H and O–H groups in total. The highest BCUT2D eigenvalue weighted by Gasteiger charge is 2.46. The Kier molecular flexibility index (Phi) is 5.79. The molecule has 1 atom stereocenters. The van der Waals surface area contributed by atoms with Gasteiger partial charge in [-0.3, -0.25) is 9.59 Å². The number of carbonyl (C=O) groups is 2. The van der Waals surface area contributed by atoms with Gasteiger partial charge in [0.1, 0.15) is 5.76 Å². The fraction of sp³-hybridized carbons (Fsp3) is 0.154. The summed E-state index contributed by atoms with van der Waals surface area (Å²) in [6, 6.07) is 22.0. The smallest absolute Gasteiger partial charge is 0.295 e. The van der Waals surface area contributed by atoms with Crippen molar-refractivity contribution in [3.63, 3.8) is 0 Å². The van der Waals surface area contributed by atoms with Crippen LogP contribution in [0.2, 0.25) is 0 Å². The lowest BCUT2D eigenvalue weighted by molar-refractivity contribution is -0.140. The average molecular weight is 476 g/mol. The molecule has 5 heteroatoms. The number of hydrogen-bond donors (Lipinski definition) is 1. The van der Waals surface area contributed by atoms with Crippen LogP contribution in [0.25, 0.3) is 5.76 Å². The maximum Gasteiger partial charge on any atom is 0.295 e. The minimum Gasteiger partial charge on any atom is -0.507 e. The number of nitrogens with zero attached hydrogens (tertiary/aromatic N) is 1. The predicted octanol–water partition coefficient (Wildman–Crippen LogP) is 5.69. The number of rotatable bonds is 4. The zero-order valence-corrected chi connectivity index (χ0v) is 18.9. The van der Waals surface area contributed by atoms with E-state index in [-0.39, 0.29) is 17.9 Å². The van der Waals surface area contributed by atoms with Crippen LogP contribution in [-0.4, -0.2) is 21.7 Å². The summed E-state index contributed by atoms with van der Waals surface area (Å²) in [4.78, 5) is 27.8. The summed E-state index contributed by atoms with van der Waals surface area (Å²) in [6.07, 6.45) is 0. The molecule has 1 fully saturated rings. The average Bonchev–Trinajstić information content (AvgIpc) is 3.01. The van der Waals surface area contributed by atoms with E-state index in [1.165, 1.54) is 4.90 Å². The number of aliphatic hydroxyl groups is 1. The van der Waals surface area contributed by atoms with Gasteiger partial charge in [0.2, 0.25) is 0 Å². The van der Waals surface area contributed by atoms with Crippen LogP contribution in [0.15, 0.2) is 82.8 Å². The molecule has 0 aromatic heterocycles. The zero-order valence-electron chi connectivity index (χ0n) is 17.3. The summed E-state index contributed by atoms with van der Waals surface area (Å²) in [5, 5.41) is 11.3. The third kappa shape index (κ3) is 4.06. The molecule has 1 amide bonds. The quantitative estimate of drug-likeness (QED) is 0.299. The largest absolute Gasteiger partial charge is 0.507 e. The molecule has 1 aliphatic rings. The van der Waals surface area contributed by atoms with E-state index in [2.05, 4.69) is 15.9 Å². The van der Waals surface area contributed by atoms with Crippen LogP contribution >= 0.6 is 15.9 Å². The topological polar surface area (TPSA) is 57.6 Å². The van der Waals surface area contributed by atoms with E-state index in [1.807, 2.05) is 86.6 Å². The van der Waals surface area contributed by atoms with Gasteiger partial charge in [0.05, 0.1) is 11.6 Å². The van der Waals surface area contributed by atoms with Crippen LogP contribution in [0.5, 0.6) is 0 Å². The van der Waals surface area contributed by atoms with Crippen LogP contribution < -0.4 is 0 Å². The van der Waals surface area contributed by atoms with Gasteiger partial charge in [-0.05, 0) is 48.7 Å². The molecule has 1 unspecified atom stereocenters. The molecule has 31 heavy (non-hydrogen) atoms. The maximum atomic E-state index is 13.1. The highest BCUT2D eigenvalue weighted by Crippen LogP contribution is 2.41. The first-order chi connectivity index (χ1) is 14.9. The minimum atomic E-state index is -0.673. The van der Waals surface area contributed by atoms with E-state index in [1.54, 1.807) is 0 Å². The Morgan fingerprint density at radius 3 is 2.32 bits per heavy atom. The Labute approximate surface area is 190 Å². The highest BCUT2D eigenvalue weighted by atomic mass is 79.9. The molecule has 0 aliphatic carbocycles. The molecule has 1 aliphatic heterocycles. The number of ketones is 1. The molecule has 156 valence electrons. The molecule has 1 heterocycles. The van der Waals surface area contributed by atoms with E-state index in [0.717, 1.165) is 26.7 Å². The third-order valence-corrected chi connectivity index (χ3v) is 6.10. The van der Waals surface area contributed by atoms with Crippen molar-refractivity contribution in [1.29, 1.82) is 0 Å². The summed E-state index contributed by atoms with van der Waals surface area (Å²) in [6.45, 7) is 4.08. The van der Waals surface area contributed by atoms with Gasteiger partial charge in [0.15, 0.2) is 0 Å². The SMILES string of the molecule is Cc1ccc(C)c(C(O)=C2C(=O)C(=O)N(Cc3ccccc3)C2c2ccc(Br)cc2)c1. The molecule has 3 aromatic rings. The summed E-state index contributed by atoms with van der Waals surface area (Å²) in [5.41, 5.74) is 4.18. The van der Waals surface area contributed by atoms with Gasteiger partial charge in [0, 0.05) is 16.6 Å². The third-order valence-electron chi connectivity index (χ3n) is 5.57. The normalized spacial score (nSPS) is 17.9. The Morgan fingerprint density at radius 1 is 0.968 bits per heavy atom. The summed E-state index contributed by atoms with van der Waals surface area (Å²) < 4.78 is 0.894. The minimum absolute atomic E-state index is 0.122. The number of carbonyl (C=O) groups excluding carboxylic acids is 2. The van der Waals surface area contributed by atoms with Crippen LogP contribution in [0, 0.1) is 13.8 Å². The monoisotopic (exact) mass is 475 g/mol. The van der Waals surface area contributed by atoms with Crippen molar-refractivity contribution in [3.05, 3.63) is 111 Å². The molecule has 4 rings (SSSR count). The van der Waals surface area contributed by atoms with Crippen molar-refractivity contribution >= 4 is 33.4 Å². The Hall–Kier alpha value is -3.18. The number of amides is 1. The molecule has 0 bridgehead atoms. The molecule has 0 radical (unpaired) electrons. The molecule has 1 saturated heterocycles. The van der Waals surface area contributed by atoms with Crippen molar-refractivity contribution in [2.24, 2.45) is 0 Å². The standard InChI is InChI=1S/C26H22BrNO3/c1-16-8-9-17(2)21(14-16)24(29)22-23(19-10-12-20(27)13-11-19)28(26(31)25(22)30)15-18-6-4-3-5-7-18/h3-14,23,29H,15H2,1-2H3. The number of hydrogen-bond acceptors (Lipinski definition) is 3. The van der Waals surface area contributed by atoms with Crippen LogP contribution in [0.3, 0.4) is 0 Å². The number of benzene rings is 3. The van der Waals surface area contributed by atoms with Crippen LogP contribution in [0.1, 0.15) is 33.9 Å². The lowest BCUT2D eigenvalue weighted by Gasteiger charge is -2.25. The second kappa shape index (κ2) is 8.52. The fourth-order valence-corrected chi connectivity index (χ4v) is 4.22. The second-order valence-electron chi connectivity index (χ2n) is 7.78. The number of halogens is 1. The zero-order chi connectivity index (χ0) is 22.1. The first-order valence-corrected chi connectivity index (χ1v) is 10.8. The second-order valence-corrected chi connectivity index (χ2v) is 8.70. The summed E-state index contributed by atoms with van der Waals surface area (Å²) >= 11 is 3.44. The maximum absolute atomic E-state index is 13.1. The van der Waals surface area contributed by atoms with Gasteiger partial charge in [-0.15, -0.1) is 0 Å². The summed E-state index contributed by atoms with van der Waals surface area (Å²) in [7, 11) is 0.